The van der Waals surface area contributed by atoms with Crippen LogP contribution in [0.4, 0.5) is 5.69 Å². The number of nitro benzene ring substituents is 1. The zero-order valence-corrected chi connectivity index (χ0v) is 15.2. The minimum atomic E-state index is -0.680. The summed E-state index contributed by atoms with van der Waals surface area (Å²) >= 11 is 0. The second kappa shape index (κ2) is 9.76. The first kappa shape index (κ1) is 20.6. The number of hydrogen-bond acceptors (Lipinski definition) is 5. The van der Waals surface area contributed by atoms with E-state index in [-0.39, 0.29) is 29.8 Å². The van der Waals surface area contributed by atoms with Crippen molar-refractivity contribution in [2.75, 3.05) is 6.61 Å². The van der Waals surface area contributed by atoms with E-state index in [1.807, 2.05) is 6.92 Å². The highest BCUT2D eigenvalue weighted by Gasteiger charge is 2.16. The van der Waals surface area contributed by atoms with Gasteiger partial charge in [0.1, 0.15) is 0 Å². The minimum absolute atomic E-state index is 0.0200. The van der Waals surface area contributed by atoms with Gasteiger partial charge in [0.05, 0.1) is 10.5 Å². The van der Waals surface area contributed by atoms with Gasteiger partial charge in [-0.2, -0.15) is 0 Å². The van der Waals surface area contributed by atoms with Crippen molar-refractivity contribution in [2.24, 2.45) is 5.92 Å². The van der Waals surface area contributed by atoms with Gasteiger partial charge >= 0.3 is 5.97 Å². The molecule has 0 fully saturated rings. The highest BCUT2D eigenvalue weighted by Crippen LogP contribution is 2.19. The lowest BCUT2D eigenvalue weighted by atomic mass is 10.0. The van der Waals surface area contributed by atoms with E-state index < -0.39 is 10.9 Å². The Kier molecular flexibility index (Phi) is 8.04. The van der Waals surface area contributed by atoms with Crippen LogP contribution in [0.3, 0.4) is 0 Å². The van der Waals surface area contributed by atoms with Gasteiger partial charge in [-0.25, -0.2) is 4.79 Å². The molecule has 1 aromatic rings. The number of esters is 1. The fraction of sp³-hybridized carbons (Fsp3) is 0.556. The standard InChI is InChI=1S/C18H26N2O5/c1-12(2)6-5-7-14(4)19-17(21)11-25-18(22)15-8-9-16(20(23)24)13(3)10-15/h8-10,12,14H,5-7,11H2,1-4H3,(H,19,21)/t14-/m0/s1. The minimum Gasteiger partial charge on any atom is -0.452 e. The molecule has 0 saturated carbocycles. The van der Waals surface area contributed by atoms with Gasteiger partial charge < -0.3 is 10.1 Å². The summed E-state index contributed by atoms with van der Waals surface area (Å²) in [6.07, 6.45) is 3.01. The topological polar surface area (TPSA) is 98.5 Å². The molecular weight excluding hydrogens is 324 g/mol. The van der Waals surface area contributed by atoms with Gasteiger partial charge in [-0.15, -0.1) is 0 Å². The number of nitro groups is 1. The van der Waals surface area contributed by atoms with Crippen molar-refractivity contribution in [1.29, 1.82) is 0 Å². The number of nitrogens with one attached hydrogen (secondary N) is 1. The molecule has 0 aliphatic heterocycles. The lowest BCUT2D eigenvalue weighted by Gasteiger charge is -2.14. The fourth-order valence-corrected chi connectivity index (χ4v) is 2.42. The van der Waals surface area contributed by atoms with Crippen LogP contribution >= 0.6 is 0 Å². The summed E-state index contributed by atoms with van der Waals surface area (Å²) in [7, 11) is 0. The predicted octanol–water partition coefficient (Wildman–Crippen LogP) is 3.39. The molecule has 138 valence electrons. The van der Waals surface area contributed by atoms with Gasteiger partial charge in [-0.3, -0.25) is 14.9 Å². The van der Waals surface area contributed by atoms with E-state index in [0.717, 1.165) is 19.3 Å². The average Bonchev–Trinajstić information content (AvgIpc) is 2.51. The van der Waals surface area contributed by atoms with E-state index in [0.29, 0.717) is 11.5 Å². The molecule has 0 aliphatic carbocycles. The molecule has 0 unspecified atom stereocenters. The highest BCUT2D eigenvalue weighted by atomic mass is 16.6. The molecule has 0 heterocycles. The Morgan fingerprint density at radius 3 is 2.48 bits per heavy atom. The third kappa shape index (κ3) is 7.32. The Balaban J connectivity index is 2.44. The van der Waals surface area contributed by atoms with E-state index in [2.05, 4.69) is 19.2 Å². The quantitative estimate of drug-likeness (QED) is 0.418. The van der Waals surface area contributed by atoms with Crippen molar-refractivity contribution in [3.63, 3.8) is 0 Å². The van der Waals surface area contributed by atoms with E-state index >= 15 is 0 Å². The largest absolute Gasteiger partial charge is 0.452 e. The first-order chi connectivity index (χ1) is 11.7. The number of ether oxygens (including phenoxy) is 1. The van der Waals surface area contributed by atoms with E-state index in [1.54, 1.807) is 6.92 Å². The summed E-state index contributed by atoms with van der Waals surface area (Å²) in [6.45, 7) is 7.40. The Labute approximate surface area is 147 Å². The zero-order valence-electron chi connectivity index (χ0n) is 15.2. The molecule has 0 aliphatic rings. The number of rotatable bonds is 9. The van der Waals surface area contributed by atoms with Crippen molar-refractivity contribution in [3.05, 3.63) is 39.4 Å². The van der Waals surface area contributed by atoms with Crippen LogP contribution in [-0.4, -0.2) is 29.4 Å². The van der Waals surface area contributed by atoms with Crippen molar-refractivity contribution >= 4 is 17.6 Å². The number of carbonyl (C=O) groups is 2. The van der Waals surface area contributed by atoms with Gasteiger partial charge in [0.25, 0.3) is 11.6 Å². The fourth-order valence-electron chi connectivity index (χ4n) is 2.42. The second-order valence-electron chi connectivity index (χ2n) is 6.63. The Hall–Kier alpha value is -2.44. The average molecular weight is 350 g/mol. The molecule has 7 nitrogen and oxygen atoms in total. The number of hydrogen-bond donors (Lipinski definition) is 1. The molecule has 0 bridgehead atoms. The summed E-state index contributed by atoms with van der Waals surface area (Å²) in [5.74, 6) is -0.404. The molecule has 1 atom stereocenters. The summed E-state index contributed by atoms with van der Waals surface area (Å²) in [4.78, 5) is 34.0. The second-order valence-corrected chi connectivity index (χ2v) is 6.63. The maximum Gasteiger partial charge on any atom is 0.338 e. The van der Waals surface area contributed by atoms with Crippen LogP contribution in [-0.2, 0) is 9.53 Å². The molecule has 0 spiro atoms. The van der Waals surface area contributed by atoms with Gasteiger partial charge in [0, 0.05) is 17.7 Å². The van der Waals surface area contributed by atoms with Crippen LogP contribution < -0.4 is 5.32 Å². The lowest BCUT2D eigenvalue weighted by Crippen LogP contribution is -2.35. The summed E-state index contributed by atoms with van der Waals surface area (Å²) in [6, 6.07) is 3.97. The summed E-state index contributed by atoms with van der Waals surface area (Å²) < 4.78 is 4.97. The van der Waals surface area contributed by atoms with Crippen molar-refractivity contribution < 1.29 is 19.2 Å². The smallest absolute Gasteiger partial charge is 0.338 e. The monoisotopic (exact) mass is 350 g/mol. The van der Waals surface area contributed by atoms with Gasteiger partial charge in [0.2, 0.25) is 0 Å². The first-order valence-corrected chi connectivity index (χ1v) is 8.42. The number of nitrogens with zero attached hydrogens (tertiary/aromatic N) is 1. The molecule has 7 heteroatoms. The number of benzene rings is 1. The Bertz CT molecular complexity index is 628. The summed E-state index contributed by atoms with van der Waals surface area (Å²) in [5.41, 5.74) is 0.480. The van der Waals surface area contributed by atoms with Crippen LogP contribution in [0.25, 0.3) is 0 Å². The molecule has 0 saturated heterocycles. The molecule has 1 aromatic carbocycles. The predicted molar refractivity (Wildman–Crippen MR) is 94.4 cm³/mol. The first-order valence-electron chi connectivity index (χ1n) is 8.42. The molecule has 0 radical (unpaired) electrons. The molecular formula is C18H26N2O5. The third-order valence-corrected chi connectivity index (χ3v) is 3.79. The molecule has 1 amide bonds. The number of aryl methyl sites for hydroxylation is 1. The Morgan fingerprint density at radius 1 is 1.24 bits per heavy atom. The number of carbonyl (C=O) groups excluding carboxylic acids is 2. The van der Waals surface area contributed by atoms with E-state index in [4.69, 9.17) is 4.74 Å². The maximum atomic E-state index is 11.9. The van der Waals surface area contributed by atoms with Crippen LogP contribution in [0, 0.1) is 23.0 Å². The van der Waals surface area contributed by atoms with Gasteiger partial charge in [-0.05, 0) is 38.3 Å². The SMILES string of the molecule is Cc1cc(C(=O)OCC(=O)N[C@@H](C)CCCC(C)C)ccc1[N+](=O)[O-]. The van der Waals surface area contributed by atoms with Crippen molar-refractivity contribution in [1.82, 2.24) is 5.32 Å². The van der Waals surface area contributed by atoms with E-state index in [1.165, 1.54) is 18.2 Å². The van der Waals surface area contributed by atoms with Crippen LogP contribution in [0.15, 0.2) is 18.2 Å². The third-order valence-electron chi connectivity index (χ3n) is 3.79. The van der Waals surface area contributed by atoms with Crippen LogP contribution in [0.1, 0.15) is 56.0 Å². The maximum absolute atomic E-state index is 11.9. The molecule has 1 rings (SSSR count). The molecule has 1 N–H and O–H groups in total. The zero-order chi connectivity index (χ0) is 19.0. The van der Waals surface area contributed by atoms with Gasteiger partial charge in [-0.1, -0.05) is 26.7 Å². The molecule has 0 aromatic heterocycles. The van der Waals surface area contributed by atoms with Crippen LogP contribution in [0.5, 0.6) is 0 Å². The highest BCUT2D eigenvalue weighted by molar-refractivity contribution is 5.91. The van der Waals surface area contributed by atoms with E-state index in [9.17, 15) is 19.7 Å². The normalized spacial score (nSPS) is 11.9. The van der Waals surface area contributed by atoms with Crippen molar-refractivity contribution in [2.45, 2.75) is 53.0 Å². The Morgan fingerprint density at radius 2 is 1.92 bits per heavy atom. The summed E-state index contributed by atoms with van der Waals surface area (Å²) in [5, 5.41) is 13.6. The van der Waals surface area contributed by atoms with Crippen molar-refractivity contribution in [3.8, 4) is 0 Å². The van der Waals surface area contributed by atoms with Gasteiger partial charge in [0.15, 0.2) is 6.61 Å². The number of amides is 1. The van der Waals surface area contributed by atoms with Crippen LogP contribution in [0.2, 0.25) is 0 Å². The lowest BCUT2D eigenvalue weighted by molar-refractivity contribution is -0.385. The molecule has 25 heavy (non-hydrogen) atoms.